The summed E-state index contributed by atoms with van der Waals surface area (Å²) in [7, 11) is 6.09. The van der Waals surface area contributed by atoms with Crippen LogP contribution in [0.4, 0.5) is 11.4 Å². The van der Waals surface area contributed by atoms with Crippen molar-refractivity contribution in [3.05, 3.63) is 40.5 Å². The molecule has 26 heavy (non-hydrogen) atoms. The molecule has 1 aromatic carbocycles. The summed E-state index contributed by atoms with van der Waals surface area (Å²) in [4.78, 5) is 29.2. The molecule has 5 heteroatoms. The van der Waals surface area contributed by atoms with Crippen molar-refractivity contribution in [1.29, 1.82) is 0 Å². The average molecular weight is 352 g/mol. The number of hydrogen-bond acceptors (Lipinski definition) is 5. The van der Waals surface area contributed by atoms with Gasteiger partial charge in [0.1, 0.15) is 0 Å². The van der Waals surface area contributed by atoms with E-state index < -0.39 is 22.9 Å². The molecule has 0 aromatic heterocycles. The van der Waals surface area contributed by atoms with Gasteiger partial charge < -0.3 is 14.5 Å². The molecule has 136 valence electrons. The first-order valence-electron chi connectivity index (χ1n) is 8.82. The number of hydrogen-bond donors (Lipinski definition) is 0. The van der Waals surface area contributed by atoms with Crippen LogP contribution in [-0.4, -0.2) is 38.6 Å². The second-order valence-corrected chi connectivity index (χ2v) is 8.28. The SMILES string of the molecule is CC1=C2c3cc(N(C)C)ccc3N(C)C2(C)C(C)(C)C2=C1C(=O)OC2=O. The third kappa shape index (κ3) is 1.66. The van der Waals surface area contributed by atoms with E-state index in [2.05, 4.69) is 42.0 Å². The first-order chi connectivity index (χ1) is 12.0. The Labute approximate surface area is 153 Å². The number of likely N-dealkylation sites (N-methyl/N-ethyl adjacent to an activating group) is 1. The maximum absolute atomic E-state index is 12.5. The van der Waals surface area contributed by atoms with E-state index in [4.69, 9.17) is 4.74 Å². The fourth-order valence-electron chi connectivity index (χ4n) is 4.93. The Morgan fingerprint density at radius 3 is 2.31 bits per heavy atom. The molecule has 4 rings (SSSR count). The third-order valence-electron chi connectivity index (χ3n) is 6.72. The van der Waals surface area contributed by atoms with Gasteiger partial charge in [-0.3, -0.25) is 0 Å². The monoisotopic (exact) mass is 352 g/mol. The summed E-state index contributed by atoms with van der Waals surface area (Å²) >= 11 is 0. The lowest BCUT2D eigenvalue weighted by Gasteiger charge is -2.50. The van der Waals surface area contributed by atoms with Crippen LogP contribution in [0.1, 0.15) is 33.3 Å². The van der Waals surface area contributed by atoms with E-state index in [0.717, 1.165) is 28.1 Å². The lowest BCUT2D eigenvalue weighted by atomic mass is 9.59. The quantitative estimate of drug-likeness (QED) is 0.574. The van der Waals surface area contributed by atoms with Crippen LogP contribution in [0, 0.1) is 5.41 Å². The number of cyclic esters (lactones) is 2. The Bertz CT molecular complexity index is 952. The minimum absolute atomic E-state index is 0.448. The first kappa shape index (κ1) is 16.9. The van der Waals surface area contributed by atoms with Crippen LogP contribution in [0.2, 0.25) is 0 Å². The maximum atomic E-state index is 12.5. The number of nitrogens with zero attached hydrogens (tertiary/aromatic N) is 2. The zero-order valence-corrected chi connectivity index (χ0v) is 16.4. The molecule has 2 aliphatic heterocycles. The van der Waals surface area contributed by atoms with E-state index in [9.17, 15) is 9.59 Å². The van der Waals surface area contributed by atoms with E-state index in [1.54, 1.807) is 0 Å². The summed E-state index contributed by atoms with van der Waals surface area (Å²) in [5, 5.41) is 0. The van der Waals surface area contributed by atoms with Crippen molar-refractivity contribution in [2.24, 2.45) is 5.41 Å². The number of esters is 2. The summed E-state index contributed by atoms with van der Waals surface area (Å²) < 4.78 is 5.00. The average Bonchev–Trinajstić information content (AvgIpc) is 2.99. The lowest BCUT2D eigenvalue weighted by molar-refractivity contribution is -0.151. The summed E-state index contributed by atoms with van der Waals surface area (Å²) in [5.41, 5.74) is 5.20. The second-order valence-electron chi connectivity index (χ2n) is 8.28. The third-order valence-corrected chi connectivity index (χ3v) is 6.72. The highest BCUT2D eigenvalue weighted by molar-refractivity contribution is 6.19. The molecule has 0 saturated heterocycles. The highest BCUT2D eigenvalue weighted by atomic mass is 16.6. The molecule has 0 saturated carbocycles. The van der Waals surface area contributed by atoms with E-state index >= 15 is 0 Å². The van der Waals surface area contributed by atoms with Crippen LogP contribution in [0.25, 0.3) is 5.57 Å². The Kier molecular flexibility index (Phi) is 3.11. The number of fused-ring (bicyclic) bond motifs is 3. The van der Waals surface area contributed by atoms with Crippen LogP contribution in [0.3, 0.4) is 0 Å². The fourth-order valence-corrected chi connectivity index (χ4v) is 4.93. The molecular formula is C21H24N2O3. The highest BCUT2D eigenvalue weighted by Crippen LogP contribution is 2.62. The van der Waals surface area contributed by atoms with Gasteiger partial charge in [0, 0.05) is 43.5 Å². The Balaban J connectivity index is 2.10. The predicted octanol–water partition coefficient (Wildman–Crippen LogP) is 3.15. The normalized spacial score (nSPS) is 26.0. The number of rotatable bonds is 1. The van der Waals surface area contributed by atoms with Crippen molar-refractivity contribution >= 4 is 28.9 Å². The van der Waals surface area contributed by atoms with Crippen LogP contribution >= 0.6 is 0 Å². The van der Waals surface area contributed by atoms with Gasteiger partial charge in [0.25, 0.3) is 0 Å². The molecule has 1 aliphatic carbocycles. The maximum Gasteiger partial charge on any atom is 0.346 e. The van der Waals surface area contributed by atoms with Gasteiger partial charge in [-0.25, -0.2) is 9.59 Å². The molecule has 0 bridgehead atoms. The topological polar surface area (TPSA) is 49.9 Å². The number of anilines is 2. The molecule has 1 unspecified atom stereocenters. The fraction of sp³-hybridized carbons (Fsp3) is 0.429. The van der Waals surface area contributed by atoms with E-state index in [0.29, 0.717) is 11.1 Å². The second kappa shape index (κ2) is 4.78. The molecule has 2 heterocycles. The van der Waals surface area contributed by atoms with Crippen LogP contribution in [0.5, 0.6) is 0 Å². The summed E-state index contributed by atoms with van der Waals surface area (Å²) in [6.45, 7) is 8.15. The number of benzene rings is 1. The van der Waals surface area contributed by atoms with Gasteiger partial charge in [-0.15, -0.1) is 0 Å². The molecule has 5 nitrogen and oxygen atoms in total. The minimum atomic E-state index is -0.577. The molecule has 0 amide bonds. The first-order valence-corrected chi connectivity index (χ1v) is 8.82. The van der Waals surface area contributed by atoms with Gasteiger partial charge in [-0.2, -0.15) is 0 Å². The number of carbonyl (C=O) groups excluding carboxylic acids is 2. The van der Waals surface area contributed by atoms with Crippen molar-refractivity contribution in [2.75, 3.05) is 30.9 Å². The van der Waals surface area contributed by atoms with Gasteiger partial charge >= 0.3 is 11.9 Å². The molecule has 1 aromatic rings. The Hall–Kier alpha value is -2.56. The molecule has 0 N–H and O–H groups in total. The highest BCUT2D eigenvalue weighted by Gasteiger charge is 2.61. The summed E-state index contributed by atoms with van der Waals surface area (Å²) in [6.07, 6.45) is 0. The van der Waals surface area contributed by atoms with Gasteiger partial charge in [0.15, 0.2) is 0 Å². The van der Waals surface area contributed by atoms with E-state index in [1.165, 1.54) is 0 Å². The van der Waals surface area contributed by atoms with Crippen LogP contribution < -0.4 is 9.80 Å². The Morgan fingerprint density at radius 2 is 1.69 bits per heavy atom. The summed E-state index contributed by atoms with van der Waals surface area (Å²) in [6, 6.07) is 6.38. The lowest BCUT2D eigenvalue weighted by Crippen LogP contribution is -2.55. The number of ether oxygens (including phenoxy) is 1. The molecule has 3 aliphatic rings. The van der Waals surface area contributed by atoms with Crippen LogP contribution in [0.15, 0.2) is 34.9 Å². The Morgan fingerprint density at radius 1 is 1.04 bits per heavy atom. The molecule has 0 spiro atoms. The van der Waals surface area contributed by atoms with Crippen molar-refractivity contribution in [2.45, 2.75) is 33.2 Å². The molecule has 1 atom stereocenters. The van der Waals surface area contributed by atoms with E-state index in [1.807, 2.05) is 34.9 Å². The standard InChI is InChI=1S/C21H24N2O3/c1-11-15-17(19(25)26-18(15)24)20(2,3)21(4)16(11)13-10-12(22(5)6)8-9-14(13)23(21)7/h8-10H,1-7H3. The molecule has 0 fully saturated rings. The number of carbonyl (C=O) groups is 2. The minimum Gasteiger partial charge on any atom is -0.386 e. The zero-order chi connectivity index (χ0) is 19.2. The van der Waals surface area contributed by atoms with Crippen LogP contribution in [-0.2, 0) is 14.3 Å². The molecular weight excluding hydrogens is 328 g/mol. The van der Waals surface area contributed by atoms with Crippen molar-refractivity contribution in [1.82, 2.24) is 0 Å². The van der Waals surface area contributed by atoms with Crippen molar-refractivity contribution in [3.63, 3.8) is 0 Å². The van der Waals surface area contributed by atoms with E-state index in [-0.39, 0.29) is 0 Å². The van der Waals surface area contributed by atoms with Gasteiger partial charge in [0.05, 0.1) is 16.7 Å². The molecule has 0 radical (unpaired) electrons. The van der Waals surface area contributed by atoms with Gasteiger partial charge in [-0.1, -0.05) is 13.8 Å². The van der Waals surface area contributed by atoms with Crippen molar-refractivity contribution in [3.8, 4) is 0 Å². The zero-order valence-electron chi connectivity index (χ0n) is 16.4. The van der Waals surface area contributed by atoms with Gasteiger partial charge in [-0.05, 0) is 43.2 Å². The largest absolute Gasteiger partial charge is 0.386 e. The predicted molar refractivity (Wildman–Crippen MR) is 102 cm³/mol. The van der Waals surface area contributed by atoms with Crippen molar-refractivity contribution < 1.29 is 14.3 Å². The summed E-state index contributed by atoms with van der Waals surface area (Å²) in [5.74, 6) is -1.03. The van der Waals surface area contributed by atoms with Gasteiger partial charge in [0.2, 0.25) is 0 Å². The smallest absolute Gasteiger partial charge is 0.346 e.